The predicted molar refractivity (Wildman–Crippen MR) is 139 cm³/mol. The molecule has 2 aromatic heterocycles. The normalized spacial score (nSPS) is 17.6. The molecule has 0 N–H and O–H groups in total. The Hall–Kier alpha value is -3.06. The molecule has 3 aliphatic rings. The van der Waals surface area contributed by atoms with E-state index >= 15 is 0 Å². The van der Waals surface area contributed by atoms with Crippen LogP contribution in [0, 0.1) is 0 Å². The van der Waals surface area contributed by atoms with E-state index in [0.29, 0.717) is 11.1 Å². The maximum Gasteiger partial charge on any atom is 0.198 e. The highest BCUT2D eigenvalue weighted by atomic mass is 32.1. The van der Waals surface area contributed by atoms with Crippen LogP contribution in [0.5, 0.6) is 0 Å². The van der Waals surface area contributed by atoms with Gasteiger partial charge in [0.05, 0.1) is 5.57 Å². The van der Waals surface area contributed by atoms with Gasteiger partial charge in [-0.2, -0.15) is 11.3 Å². The van der Waals surface area contributed by atoms with Gasteiger partial charge in [-0.05, 0) is 52.8 Å². The van der Waals surface area contributed by atoms with Crippen LogP contribution >= 0.6 is 22.7 Å². The summed E-state index contributed by atoms with van der Waals surface area (Å²) < 4.78 is 0. The number of carbonyl (C=O) groups is 2. The predicted octanol–water partition coefficient (Wildman–Crippen LogP) is 6.02. The van der Waals surface area contributed by atoms with Crippen molar-refractivity contribution in [3.8, 4) is 0 Å². The van der Waals surface area contributed by atoms with Gasteiger partial charge >= 0.3 is 0 Å². The first-order valence-corrected chi connectivity index (χ1v) is 15.3. The number of thiophene rings is 2. The lowest BCUT2D eigenvalue weighted by molar-refractivity contribution is 0.0990. The summed E-state index contributed by atoms with van der Waals surface area (Å²) in [6.45, 7) is 0. The highest BCUT2D eigenvalue weighted by molar-refractivity contribution is 7.17. The number of allylic oxidation sites excluding steroid dienone is 1. The van der Waals surface area contributed by atoms with Crippen molar-refractivity contribution in [3.63, 3.8) is 0 Å². The number of benzene rings is 2. The van der Waals surface area contributed by atoms with Crippen LogP contribution in [-0.2, 0) is 0 Å². The Kier molecular flexibility index (Phi) is 4.10. The van der Waals surface area contributed by atoms with Crippen molar-refractivity contribution in [1.29, 1.82) is 0 Å². The zero-order valence-corrected chi connectivity index (χ0v) is 20.3. The van der Waals surface area contributed by atoms with Gasteiger partial charge < -0.3 is 4.90 Å². The van der Waals surface area contributed by atoms with Gasteiger partial charge in [0, 0.05) is 38.1 Å². The van der Waals surface area contributed by atoms with E-state index in [2.05, 4.69) is 59.5 Å². The molecular formula is C27H19NO2S2Si. The molecule has 0 atom stereocenters. The molecular weight excluding hydrogens is 463 g/mol. The maximum atomic E-state index is 12.7. The molecule has 0 unspecified atom stereocenters. The van der Waals surface area contributed by atoms with Crippen LogP contribution in [0.2, 0.25) is 12.1 Å². The van der Waals surface area contributed by atoms with Gasteiger partial charge in [-0.15, -0.1) is 11.3 Å². The van der Waals surface area contributed by atoms with E-state index in [1.807, 2.05) is 6.07 Å². The van der Waals surface area contributed by atoms with Crippen LogP contribution in [0.15, 0.2) is 77.0 Å². The molecule has 0 bridgehead atoms. The van der Waals surface area contributed by atoms with Crippen molar-refractivity contribution in [2.75, 3.05) is 4.90 Å². The molecule has 6 heteroatoms. The van der Waals surface area contributed by atoms with Gasteiger partial charge in [-0.25, -0.2) is 0 Å². The molecule has 0 amide bonds. The Labute approximate surface area is 200 Å². The first kappa shape index (κ1) is 19.4. The van der Waals surface area contributed by atoms with E-state index in [-0.39, 0.29) is 17.1 Å². The second-order valence-corrected chi connectivity index (χ2v) is 15.0. The molecule has 2 aliphatic heterocycles. The summed E-state index contributed by atoms with van der Waals surface area (Å²) in [5, 5.41) is 7.73. The molecule has 1 aliphatic carbocycles. The summed E-state index contributed by atoms with van der Waals surface area (Å²) in [7, 11) is -1.65. The fourth-order valence-corrected chi connectivity index (χ4v) is 12.0. The SMILES string of the molecule is O=C1C(=Cc2ccc(N3c4ccccc4[Si]4(CCC4)c4ccccc43)s2)C(=O)c2cscc21. The molecule has 1 spiro atoms. The minimum Gasteiger partial charge on any atom is -0.302 e. The van der Waals surface area contributed by atoms with Crippen LogP contribution in [0.3, 0.4) is 0 Å². The molecule has 2 aromatic carbocycles. The second kappa shape index (κ2) is 6.97. The summed E-state index contributed by atoms with van der Waals surface area (Å²) in [6, 6.07) is 24.6. The standard InChI is InChI=1S/C27H19NO2S2Si/c29-26-18(27(30)20-16-31-15-19(20)26)14-17-10-11-25(32-17)28-21-6-1-3-8-23(21)33(12-5-13-33)24-9-4-2-7-22(24)28/h1-4,6-11,14-16H,5,12-13H2. The Morgan fingerprint density at radius 1 is 0.788 bits per heavy atom. The van der Waals surface area contributed by atoms with E-state index in [0.717, 1.165) is 9.88 Å². The second-order valence-electron chi connectivity index (χ2n) is 8.90. The number of para-hydroxylation sites is 2. The van der Waals surface area contributed by atoms with Crippen molar-refractivity contribution in [3.05, 3.63) is 93.0 Å². The molecule has 7 rings (SSSR count). The first-order chi connectivity index (χ1) is 16.2. The van der Waals surface area contributed by atoms with E-state index < -0.39 is 8.07 Å². The summed E-state index contributed by atoms with van der Waals surface area (Å²) in [5.41, 5.74) is 3.95. The van der Waals surface area contributed by atoms with Crippen molar-refractivity contribution >= 4 is 75.1 Å². The number of ketones is 2. The molecule has 1 saturated heterocycles. The molecule has 160 valence electrons. The third-order valence-corrected chi connectivity index (χ3v) is 14.4. The summed E-state index contributed by atoms with van der Waals surface area (Å²) in [4.78, 5) is 28.8. The van der Waals surface area contributed by atoms with Crippen LogP contribution in [0.4, 0.5) is 16.4 Å². The number of hydrogen-bond acceptors (Lipinski definition) is 5. The molecule has 0 saturated carbocycles. The Bertz CT molecular complexity index is 1430. The number of carbonyl (C=O) groups excluding carboxylic acids is 2. The molecule has 0 radical (unpaired) electrons. The van der Waals surface area contributed by atoms with Gasteiger partial charge in [-0.3, -0.25) is 9.59 Å². The van der Waals surface area contributed by atoms with Gasteiger partial charge in [0.2, 0.25) is 0 Å². The van der Waals surface area contributed by atoms with Crippen LogP contribution in [-0.4, -0.2) is 19.6 Å². The number of rotatable bonds is 2. The van der Waals surface area contributed by atoms with Crippen LogP contribution in [0.1, 0.15) is 32.0 Å². The minimum atomic E-state index is -1.65. The Balaban J connectivity index is 1.34. The quantitative estimate of drug-likeness (QED) is 0.200. The number of nitrogens with zero attached hydrogens (tertiary/aromatic N) is 1. The van der Waals surface area contributed by atoms with E-state index in [1.165, 1.54) is 51.6 Å². The summed E-state index contributed by atoms with van der Waals surface area (Å²) in [5.74, 6) is -0.310. The van der Waals surface area contributed by atoms with Gasteiger partial charge in [0.15, 0.2) is 11.6 Å². The third-order valence-electron chi connectivity index (χ3n) is 7.29. The number of anilines is 3. The third kappa shape index (κ3) is 2.60. The van der Waals surface area contributed by atoms with Crippen molar-refractivity contribution in [2.45, 2.75) is 18.5 Å². The first-order valence-electron chi connectivity index (χ1n) is 11.1. The van der Waals surface area contributed by atoms with E-state index in [9.17, 15) is 9.59 Å². The average molecular weight is 482 g/mol. The smallest absolute Gasteiger partial charge is 0.198 e. The summed E-state index contributed by atoms with van der Waals surface area (Å²) in [6.07, 6.45) is 3.09. The van der Waals surface area contributed by atoms with Crippen molar-refractivity contribution in [2.24, 2.45) is 0 Å². The van der Waals surface area contributed by atoms with Crippen molar-refractivity contribution in [1.82, 2.24) is 0 Å². The van der Waals surface area contributed by atoms with E-state index in [4.69, 9.17) is 0 Å². The fraction of sp³-hybridized carbons (Fsp3) is 0.111. The molecule has 3 nitrogen and oxygen atoms in total. The lowest BCUT2D eigenvalue weighted by Gasteiger charge is -2.48. The highest BCUT2D eigenvalue weighted by Crippen LogP contribution is 2.46. The topological polar surface area (TPSA) is 37.4 Å². The number of fused-ring (bicyclic) bond motifs is 5. The molecule has 33 heavy (non-hydrogen) atoms. The largest absolute Gasteiger partial charge is 0.302 e. The van der Waals surface area contributed by atoms with Gasteiger partial charge in [0.25, 0.3) is 0 Å². The van der Waals surface area contributed by atoms with Crippen LogP contribution < -0.4 is 15.3 Å². The van der Waals surface area contributed by atoms with Gasteiger partial charge in [0.1, 0.15) is 13.1 Å². The molecule has 1 fully saturated rings. The zero-order chi connectivity index (χ0) is 22.2. The van der Waals surface area contributed by atoms with Crippen molar-refractivity contribution < 1.29 is 9.59 Å². The number of Topliss-reactive ketones (excluding diaryl/α,β-unsaturated/α-hetero) is 2. The fourth-order valence-electron chi connectivity index (χ4n) is 5.58. The lowest BCUT2D eigenvalue weighted by Crippen LogP contribution is -2.66. The zero-order valence-electron chi connectivity index (χ0n) is 17.7. The average Bonchev–Trinajstić information content (AvgIpc) is 3.52. The molecule has 4 heterocycles. The lowest BCUT2D eigenvalue weighted by atomic mass is 10.1. The minimum absolute atomic E-state index is 0.155. The molecule has 4 aromatic rings. The maximum absolute atomic E-state index is 12.7. The van der Waals surface area contributed by atoms with E-state index in [1.54, 1.807) is 28.2 Å². The summed E-state index contributed by atoms with van der Waals surface area (Å²) >= 11 is 3.03. The Morgan fingerprint density at radius 2 is 1.39 bits per heavy atom. The van der Waals surface area contributed by atoms with Gasteiger partial charge in [-0.1, -0.05) is 42.8 Å². The Morgan fingerprint density at radius 3 is 1.97 bits per heavy atom. The highest BCUT2D eigenvalue weighted by Gasteiger charge is 2.49. The monoisotopic (exact) mass is 481 g/mol. The number of hydrogen-bond donors (Lipinski definition) is 0. The van der Waals surface area contributed by atoms with Crippen LogP contribution in [0.25, 0.3) is 6.08 Å².